The summed E-state index contributed by atoms with van der Waals surface area (Å²) < 4.78 is 25.0. The second kappa shape index (κ2) is 10.6. The number of sulfonamides is 1. The van der Waals surface area contributed by atoms with E-state index in [1.165, 1.54) is 0 Å². The quantitative estimate of drug-likeness (QED) is 0.313. The van der Waals surface area contributed by atoms with Gasteiger partial charge >= 0.3 is 11.8 Å². The molecule has 2 amide bonds. The smallest absolute Gasteiger partial charge is 0.322 e. The van der Waals surface area contributed by atoms with Crippen molar-refractivity contribution in [2.24, 2.45) is 5.73 Å². The zero-order valence-electron chi connectivity index (χ0n) is 17.7. The molecule has 0 aliphatic rings. The van der Waals surface area contributed by atoms with E-state index < -0.39 is 21.8 Å². The molecule has 0 spiro atoms. The van der Waals surface area contributed by atoms with E-state index in [-0.39, 0.29) is 23.1 Å². The summed E-state index contributed by atoms with van der Waals surface area (Å²) in [6, 6.07) is 4.98. The summed E-state index contributed by atoms with van der Waals surface area (Å²) in [4.78, 5) is 42.6. The first-order valence-electron chi connectivity index (χ1n) is 9.70. The van der Waals surface area contributed by atoms with Gasteiger partial charge < -0.3 is 5.73 Å². The molecular weight excluding hydrogens is 440 g/mol. The van der Waals surface area contributed by atoms with Gasteiger partial charge in [0.15, 0.2) is 10.9 Å². The van der Waals surface area contributed by atoms with Gasteiger partial charge in [0.25, 0.3) is 0 Å². The summed E-state index contributed by atoms with van der Waals surface area (Å²) in [7, 11) is -3.43. The fourth-order valence-electron chi connectivity index (χ4n) is 2.83. The van der Waals surface area contributed by atoms with E-state index in [1.807, 2.05) is 13.8 Å². The molecule has 168 valence electrons. The van der Waals surface area contributed by atoms with Crippen LogP contribution >= 0.6 is 11.3 Å². The van der Waals surface area contributed by atoms with Gasteiger partial charge in [-0.3, -0.25) is 14.4 Å². The Kier molecular flexibility index (Phi) is 8.43. The zero-order valence-corrected chi connectivity index (χ0v) is 19.3. The first kappa shape index (κ1) is 24.6. The minimum Gasteiger partial charge on any atom is -0.361 e. The van der Waals surface area contributed by atoms with Gasteiger partial charge in [-0.2, -0.15) is 0 Å². The number of rotatable bonds is 10. The van der Waals surface area contributed by atoms with Crippen LogP contribution in [0.5, 0.6) is 0 Å². The molecule has 1 aromatic carbocycles. The lowest BCUT2D eigenvalue weighted by molar-refractivity contribution is -0.135. The number of benzene rings is 1. The molecule has 0 aliphatic carbocycles. The van der Waals surface area contributed by atoms with E-state index in [4.69, 9.17) is 5.73 Å². The summed E-state index contributed by atoms with van der Waals surface area (Å²) in [5, 5.41) is 1.67. The van der Waals surface area contributed by atoms with E-state index >= 15 is 0 Å². The van der Waals surface area contributed by atoms with Gasteiger partial charge in [-0.1, -0.05) is 31.4 Å². The lowest BCUT2D eigenvalue weighted by Gasteiger charge is -2.21. The topological polar surface area (TPSA) is 140 Å². The molecule has 0 fully saturated rings. The van der Waals surface area contributed by atoms with Crippen molar-refractivity contribution in [1.29, 1.82) is 0 Å². The van der Waals surface area contributed by atoms with Crippen LogP contribution < -0.4 is 15.4 Å². The van der Waals surface area contributed by atoms with E-state index in [9.17, 15) is 22.8 Å². The first-order chi connectivity index (χ1) is 14.5. The number of amides is 2. The van der Waals surface area contributed by atoms with E-state index in [0.717, 1.165) is 40.9 Å². The maximum atomic E-state index is 12.9. The Morgan fingerprint density at radius 2 is 1.94 bits per heavy atom. The SMILES string of the molecule is CCCCCC(=O)c1cc(C)ccc1N(C(=O)C(N)=O)c1nc(CNS(C)(=O)=O)cs1. The molecule has 9 nitrogen and oxygen atoms in total. The molecule has 0 radical (unpaired) electrons. The van der Waals surface area contributed by atoms with Crippen molar-refractivity contribution < 1.29 is 22.8 Å². The molecule has 0 unspecified atom stereocenters. The number of nitrogens with one attached hydrogen (secondary N) is 1. The number of thiazole rings is 1. The van der Waals surface area contributed by atoms with Gasteiger partial charge in [0.2, 0.25) is 10.0 Å². The monoisotopic (exact) mass is 466 g/mol. The van der Waals surface area contributed by atoms with E-state index in [0.29, 0.717) is 24.1 Å². The Morgan fingerprint density at radius 1 is 1.23 bits per heavy atom. The van der Waals surface area contributed by atoms with Crippen LogP contribution in [0.15, 0.2) is 23.6 Å². The molecule has 1 heterocycles. The number of carbonyl (C=O) groups excluding carboxylic acids is 3. The highest BCUT2D eigenvalue weighted by Gasteiger charge is 2.29. The van der Waals surface area contributed by atoms with Gasteiger partial charge in [-0.05, 0) is 25.5 Å². The van der Waals surface area contributed by atoms with Gasteiger partial charge in [-0.15, -0.1) is 11.3 Å². The Bertz CT molecular complexity index is 1080. The van der Waals surface area contributed by atoms with Gasteiger partial charge in [0.1, 0.15) is 0 Å². The normalized spacial score (nSPS) is 11.3. The average molecular weight is 467 g/mol. The van der Waals surface area contributed by atoms with Crippen molar-refractivity contribution in [3.8, 4) is 0 Å². The van der Waals surface area contributed by atoms with E-state index in [1.54, 1.807) is 23.6 Å². The lowest BCUT2D eigenvalue weighted by atomic mass is 10.00. The molecule has 0 bridgehead atoms. The summed E-state index contributed by atoms with van der Waals surface area (Å²) in [6.45, 7) is 3.78. The van der Waals surface area contributed by atoms with E-state index in [2.05, 4.69) is 9.71 Å². The van der Waals surface area contributed by atoms with Crippen LogP contribution in [0.2, 0.25) is 0 Å². The molecule has 2 rings (SSSR count). The van der Waals surface area contributed by atoms with Crippen molar-refractivity contribution in [3.05, 3.63) is 40.4 Å². The van der Waals surface area contributed by atoms with Crippen LogP contribution in [0, 0.1) is 6.92 Å². The second-order valence-electron chi connectivity index (χ2n) is 7.12. The number of aryl methyl sites for hydroxylation is 1. The zero-order chi connectivity index (χ0) is 23.2. The number of ketones is 1. The Balaban J connectivity index is 2.48. The van der Waals surface area contributed by atoms with Crippen molar-refractivity contribution in [2.45, 2.75) is 46.1 Å². The number of aromatic nitrogens is 1. The maximum absolute atomic E-state index is 12.9. The Morgan fingerprint density at radius 3 is 2.55 bits per heavy atom. The molecule has 0 atom stereocenters. The van der Waals surface area contributed by atoms with Crippen molar-refractivity contribution in [3.63, 3.8) is 0 Å². The van der Waals surface area contributed by atoms with Crippen LogP contribution in [0.25, 0.3) is 0 Å². The molecule has 11 heteroatoms. The Labute approximate surface area is 185 Å². The number of nitrogens with zero attached hydrogens (tertiary/aromatic N) is 2. The van der Waals surface area contributed by atoms with Gasteiger partial charge in [0, 0.05) is 17.4 Å². The molecule has 31 heavy (non-hydrogen) atoms. The molecular formula is C20H26N4O5S2. The fourth-order valence-corrected chi connectivity index (χ4v) is 4.08. The molecule has 0 saturated carbocycles. The number of nitrogens with two attached hydrogens (primary N) is 1. The largest absolute Gasteiger partial charge is 0.361 e. The van der Waals surface area contributed by atoms with Crippen molar-refractivity contribution >= 4 is 49.8 Å². The van der Waals surface area contributed by atoms with Crippen molar-refractivity contribution in [2.75, 3.05) is 11.2 Å². The Hall–Kier alpha value is -2.63. The molecule has 2 aromatic rings. The lowest BCUT2D eigenvalue weighted by Crippen LogP contribution is -2.38. The van der Waals surface area contributed by atoms with Crippen LogP contribution in [-0.4, -0.2) is 37.3 Å². The van der Waals surface area contributed by atoms with Gasteiger partial charge in [-0.25, -0.2) is 23.0 Å². The standard InChI is InChI=1S/C20H26N4O5S2/c1-4-5-6-7-17(25)15-10-13(2)8-9-16(15)24(19(27)18(21)26)20-23-14(12-30-20)11-22-31(3,28)29/h8-10,12,22H,4-7,11H2,1-3H3,(H2,21,26). The number of anilines is 2. The first-order valence-corrected chi connectivity index (χ1v) is 12.5. The number of hydrogen-bond donors (Lipinski definition) is 2. The number of hydrogen-bond acceptors (Lipinski definition) is 7. The van der Waals surface area contributed by atoms with Crippen LogP contribution in [0.1, 0.15) is 54.2 Å². The molecule has 0 aliphatic heterocycles. The summed E-state index contributed by atoms with van der Waals surface area (Å²) in [5.74, 6) is -2.38. The number of carbonyl (C=O) groups is 3. The third kappa shape index (κ3) is 6.94. The highest BCUT2D eigenvalue weighted by atomic mass is 32.2. The third-order valence-corrected chi connectivity index (χ3v) is 5.90. The predicted molar refractivity (Wildman–Crippen MR) is 120 cm³/mol. The molecule has 3 N–H and O–H groups in total. The van der Waals surface area contributed by atoms with Crippen LogP contribution in [-0.2, 0) is 26.2 Å². The summed E-state index contributed by atoms with van der Waals surface area (Å²) in [6.07, 6.45) is 3.91. The minimum atomic E-state index is -3.43. The molecule has 1 aromatic heterocycles. The molecule has 0 saturated heterocycles. The van der Waals surface area contributed by atoms with Gasteiger partial charge in [0.05, 0.1) is 24.2 Å². The highest BCUT2D eigenvalue weighted by molar-refractivity contribution is 7.88. The fraction of sp³-hybridized carbons (Fsp3) is 0.400. The summed E-state index contributed by atoms with van der Waals surface area (Å²) in [5.41, 5.74) is 6.96. The number of unbranched alkanes of at least 4 members (excludes halogenated alkanes) is 2. The summed E-state index contributed by atoms with van der Waals surface area (Å²) >= 11 is 1.03. The number of Topliss-reactive ketones (excluding diaryl/α,β-unsaturated/α-hetero) is 1. The predicted octanol–water partition coefficient (Wildman–Crippen LogP) is 2.41. The third-order valence-electron chi connectivity index (χ3n) is 4.36. The van der Waals surface area contributed by atoms with Crippen molar-refractivity contribution in [1.82, 2.24) is 9.71 Å². The average Bonchev–Trinajstić information content (AvgIpc) is 3.15. The highest BCUT2D eigenvalue weighted by Crippen LogP contribution is 2.33. The van der Waals surface area contributed by atoms with Crippen LogP contribution in [0.4, 0.5) is 10.8 Å². The van der Waals surface area contributed by atoms with Crippen LogP contribution in [0.3, 0.4) is 0 Å². The maximum Gasteiger partial charge on any atom is 0.322 e. The number of primary amides is 1. The minimum absolute atomic E-state index is 0.0787. The second-order valence-corrected chi connectivity index (χ2v) is 9.79.